The lowest BCUT2D eigenvalue weighted by molar-refractivity contribution is 0.335. The third-order valence-corrected chi connectivity index (χ3v) is 5.94. The van der Waals surface area contributed by atoms with Crippen LogP contribution in [0.1, 0.15) is 62.8 Å². The van der Waals surface area contributed by atoms with Gasteiger partial charge in [0.2, 0.25) is 0 Å². The third-order valence-electron chi connectivity index (χ3n) is 5.94. The molecule has 3 rings (SSSR count). The van der Waals surface area contributed by atoms with Crippen LogP contribution in [0.4, 0.5) is 0 Å². The highest BCUT2D eigenvalue weighted by Gasteiger charge is 2.26. The molecule has 2 atom stereocenters. The molecule has 0 spiro atoms. The van der Waals surface area contributed by atoms with Gasteiger partial charge in [0.05, 0.1) is 0 Å². The number of hydrogen-bond acceptors (Lipinski definition) is 0. The molecule has 0 N–H and O–H groups in total. The van der Waals surface area contributed by atoms with Crippen molar-refractivity contribution in [2.45, 2.75) is 66.2 Å². The average Bonchev–Trinajstić information content (AvgIpc) is 2.43. The summed E-state index contributed by atoms with van der Waals surface area (Å²) in [5.41, 5.74) is 6.70. The normalized spacial score (nSPS) is 25.7. The van der Waals surface area contributed by atoms with Gasteiger partial charge in [0, 0.05) is 0 Å². The Kier molecular flexibility index (Phi) is 3.93. The first-order valence-electron chi connectivity index (χ1n) is 8.68. The van der Waals surface area contributed by atoms with Crippen LogP contribution in [0.15, 0.2) is 12.1 Å². The minimum Gasteiger partial charge on any atom is -0.0625 e. The summed E-state index contributed by atoms with van der Waals surface area (Å²) < 4.78 is 0. The van der Waals surface area contributed by atoms with Crippen LogP contribution in [0.3, 0.4) is 0 Å². The Morgan fingerprint density at radius 3 is 1.50 bits per heavy atom. The molecule has 0 amide bonds. The van der Waals surface area contributed by atoms with Gasteiger partial charge < -0.3 is 0 Å². The molecule has 1 aromatic carbocycles. The van der Waals surface area contributed by atoms with Gasteiger partial charge in [-0.1, -0.05) is 39.8 Å². The van der Waals surface area contributed by atoms with Gasteiger partial charge in [0.25, 0.3) is 0 Å². The van der Waals surface area contributed by atoms with Gasteiger partial charge >= 0.3 is 0 Å². The standard InChI is InChI=1S/C20H30/c1-13(2)15-5-7-17-11-18-8-6-16(14(3)4)10-20(18)12-19(17)9-15/h11-16H,5-10H2,1-4H3. The van der Waals surface area contributed by atoms with Gasteiger partial charge in [-0.3, -0.25) is 0 Å². The molecule has 0 bridgehead atoms. The summed E-state index contributed by atoms with van der Waals surface area (Å²) in [6, 6.07) is 5.16. The van der Waals surface area contributed by atoms with E-state index in [1.807, 2.05) is 0 Å². The molecule has 0 fully saturated rings. The lowest BCUT2D eigenvalue weighted by Gasteiger charge is -2.32. The average molecular weight is 270 g/mol. The number of hydrogen-bond donors (Lipinski definition) is 0. The van der Waals surface area contributed by atoms with E-state index in [2.05, 4.69) is 39.8 Å². The zero-order chi connectivity index (χ0) is 14.3. The van der Waals surface area contributed by atoms with E-state index in [4.69, 9.17) is 0 Å². The molecule has 1 aromatic rings. The van der Waals surface area contributed by atoms with Crippen LogP contribution >= 0.6 is 0 Å². The molecule has 0 saturated carbocycles. The summed E-state index contributed by atoms with van der Waals surface area (Å²) in [4.78, 5) is 0. The van der Waals surface area contributed by atoms with Crippen molar-refractivity contribution in [3.8, 4) is 0 Å². The Hall–Kier alpha value is -0.780. The zero-order valence-corrected chi connectivity index (χ0v) is 13.7. The Bertz CT molecular complexity index is 440. The van der Waals surface area contributed by atoms with Crippen molar-refractivity contribution in [2.75, 3.05) is 0 Å². The van der Waals surface area contributed by atoms with E-state index >= 15 is 0 Å². The van der Waals surface area contributed by atoms with Gasteiger partial charge in [-0.2, -0.15) is 0 Å². The Labute approximate surface area is 125 Å². The van der Waals surface area contributed by atoms with E-state index in [1.54, 1.807) is 22.3 Å². The van der Waals surface area contributed by atoms with Crippen molar-refractivity contribution in [3.05, 3.63) is 34.4 Å². The maximum absolute atomic E-state index is 2.59. The van der Waals surface area contributed by atoms with Crippen molar-refractivity contribution in [3.63, 3.8) is 0 Å². The topological polar surface area (TPSA) is 0 Å². The molecule has 0 nitrogen and oxygen atoms in total. The molecule has 0 saturated heterocycles. The predicted octanol–water partition coefficient (Wildman–Crippen LogP) is 5.21. The highest BCUT2D eigenvalue weighted by molar-refractivity contribution is 5.41. The minimum absolute atomic E-state index is 0.836. The van der Waals surface area contributed by atoms with E-state index in [9.17, 15) is 0 Å². The van der Waals surface area contributed by atoms with Crippen molar-refractivity contribution in [2.24, 2.45) is 23.7 Å². The molecule has 0 aromatic heterocycles. The maximum atomic E-state index is 2.59. The van der Waals surface area contributed by atoms with Crippen LogP contribution in [0.25, 0.3) is 0 Å². The smallest absolute Gasteiger partial charge is 0.0245 e. The Balaban J connectivity index is 1.86. The summed E-state index contributed by atoms with van der Waals surface area (Å²) in [5, 5.41) is 0. The molecule has 2 aliphatic carbocycles. The first kappa shape index (κ1) is 14.2. The highest BCUT2D eigenvalue weighted by Crippen LogP contribution is 2.36. The predicted molar refractivity (Wildman–Crippen MR) is 87.1 cm³/mol. The molecule has 20 heavy (non-hydrogen) atoms. The maximum Gasteiger partial charge on any atom is -0.0245 e. The molecule has 0 radical (unpaired) electrons. The quantitative estimate of drug-likeness (QED) is 0.692. The van der Waals surface area contributed by atoms with Gasteiger partial charge in [-0.05, 0) is 84.5 Å². The molecular weight excluding hydrogens is 240 g/mol. The van der Waals surface area contributed by atoms with Crippen LogP contribution < -0.4 is 0 Å². The number of fused-ring (bicyclic) bond motifs is 2. The minimum atomic E-state index is 0.836. The van der Waals surface area contributed by atoms with Crippen molar-refractivity contribution >= 4 is 0 Å². The van der Waals surface area contributed by atoms with E-state index in [-0.39, 0.29) is 0 Å². The summed E-state index contributed by atoms with van der Waals surface area (Å²) in [7, 11) is 0. The summed E-state index contributed by atoms with van der Waals surface area (Å²) in [6.45, 7) is 9.57. The second-order valence-corrected chi connectivity index (χ2v) is 7.88. The van der Waals surface area contributed by atoms with Crippen LogP contribution in [0.5, 0.6) is 0 Å². The molecule has 0 heteroatoms. The van der Waals surface area contributed by atoms with Gasteiger partial charge in [-0.25, -0.2) is 0 Å². The largest absolute Gasteiger partial charge is 0.0625 e. The molecule has 2 unspecified atom stereocenters. The molecular formula is C20H30. The van der Waals surface area contributed by atoms with Crippen LogP contribution in [-0.2, 0) is 25.7 Å². The summed E-state index contributed by atoms with van der Waals surface area (Å²) in [6.07, 6.45) is 8.09. The van der Waals surface area contributed by atoms with Crippen LogP contribution in [-0.4, -0.2) is 0 Å². The number of rotatable bonds is 2. The SMILES string of the molecule is CC(C)C1CCc2cc3c(cc2C1)CC(C(C)C)CC3. The first-order valence-corrected chi connectivity index (χ1v) is 8.68. The van der Waals surface area contributed by atoms with E-state index in [0.717, 1.165) is 23.7 Å². The monoisotopic (exact) mass is 270 g/mol. The lowest BCUT2D eigenvalue weighted by atomic mass is 9.73. The molecule has 110 valence electrons. The van der Waals surface area contributed by atoms with E-state index < -0.39 is 0 Å². The lowest BCUT2D eigenvalue weighted by Crippen LogP contribution is -2.23. The van der Waals surface area contributed by atoms with Crippen molar-refractivity contribution in [1.82, 2.24) is 0 Å². The second-order valence-electron chi connectivity index (χ2n) is 7.88. The Morgan fingerprint density at radius 2 is 1.10 bits per heavy atom. The van der Waals surface area contributed by atoms with E-state index in [0.29, 0.717) is 0 Å². The summed E-state index contributed by atoms with van der Waals surface area (Å²) in [5.74, 6) is 3.49. The number of aryl methyl sites for hydroxylation is 2. The van der Waals surface area contributed by atoms with Gasteiger partial charge in [0.15, 0.2) is 0 Å². The van der Waals surface area contributed by atoms with Gasteiger partial charge in [0.1, 0.15) is 0 Å². The molecule has 0 aliphatic heterocycles. The fourth-order valence-corrected chi connectivity index (χ4v) is 4.23. The summed E-state index contributed by atoms with van der Waals surface area (Å²) >= 11 is 0. The third kappa shape index (κ3) is 2.67. The second kappa shape index (κ2) is 5.54. The van der Waals surface area contributed by atoms with Gasteiger partial charge in [-0.15, -0.1) is 0 Å². The fourth-order valence-electron chi connectivity index (χ4n) is 4.23. The van der Waals surface area contributed by atoms with Crippen molar-refractivity contribution in [1.29, 1.82) is 0 Å². The zero-order valence-electron chi connectivity index (χ0n) is 13.7. The van der Waals surface area contributed by atoms with E-state index in [1.165, 1.54) is 38.5 Å². The van der Waals surface area contributed by atoms with Crippen LogP contribution in [0.2, 0.25) is 0 Å². The molecule has 2 aliphatic rings. The van der Waals surface area contributed by atoms with Crippen LogP contribution in [0, 0.1) is 23.7 Å². The number of benzene rings is 1. The first-order chi connectivity index (χ1) is 9.54. The highest BCUT2D eigenvalue weighted by atomic mass is 14.3. The Morgan fingerprint density at radius 1 is 0.700 bits per heavy atom. The fraction of sp³-hybridized carbons (Fsp3) is 0.700. The van der Waals surface area contributed by atoms with Crippen molar-refractivity contribution < 1.29 is 0 Å². The molecule has 0 heterocycles.